The Morgan fingerprint density at radius 2 is 1.89 bits per heavy atom. The Labute approximate surface area is 116 Å². The first-order valence-corrected chi connectivity index (χ1v) is 7.31. The number of nitrogens with one attached hydrogen (secondary N) is 1. The second kappa shape index (κ2) is 4.85. The van der Waals surface area contributed by atoms with Gasteiger partial charge in [-0.05, 0) is 47.1 Å². The van der Waals surface area contributed by atoms with E-state index >= 15 is 0 Å². The van der Waals surface area contributed by atoms with Crippen molar-refractivity contribution in [3.63, 3.8) is 0 Å². The van der Waals surface area contributed by atoms with Gasteiger partial charge in [-0.25, -0.2) is 4.68 Å². The van der Waals surface area contributed by atoms with Crippen LogP contribution in [0.3, 0.4) is 0 Å². The van der Waals surface area contributed by atoms with Gasteiger partial charge in [0, 0.05) is 6.54 Å². The molecular formula is C14H27N5. The van der Waals surface area contributed by atoms with Crippen molar-refractivity contribution in [2.75, 3.05) is 6.54 Å². The van der Waals surface area contributed by atoms with Gasteiger partial charge in [-0.3, -0.25) is 0 Å². The van der Waals surface area contributed by atoms with Crippen molar-refractivity contribution in [3.8, 4) is 0 Å². The van der Waals surface area contributed by atoms with Crippen LogP contribution in [0.4, 0.5) is 0 Å². The van der Waals surface area contributed by atoms with Gasteiger partial charge < -0.3 is 5.32 Å². The second-order valence-corrected chi connectivity index (χ2v) is 6.89. The maximum Gasteiger partial charge on any atom is 0.167 e. The number of tetrazole rings is 1. The highest BCUT2D eigenvalue weighted by Crippen LogP contribution is 2.68. The average molecular weight is 265 g/mol. The van der Waals surface area contributed by atoms with Crippen molar-refractivity contribution in [1.82, 2.24) is 25.5 Å². The number of hydrogen-bond donors (Lipinski definition) is 1. The van der Waals surface area contributed by atoms with E-state index in [9.17, 15) is 0 Å². The summed E-state index contributed by atoms with van der Waals surface area (Å²) in [6.07, 6.45) is 1.12. The highest BCUT2D eigenvalue weighted by atomic mass is 15.5. The van der Waals surface area contributed by atoms with Gasteiger partial charge in [0.1, 0.15) is 0 Å². The maximum atomic E-state index is 4.18. The Hall–Kier alpha value is -0.970. The third-order valence-corrected chi connectivity index (χ3v) is 5.32. The van der Waals surface area contributed by atoms with Crippen LogP contribution in [-0.4, -0.2) is 26.8 Å². The monoisotopic (exact) mass is 265 g/mol. The number of aromatic nitrogens is 4. The molecule has 1 atom stereocenters. The second-order valence-electron chi connectivity index (χ2n) is 6.89. The summed E-state index contributed by atoms with van der Waals surface area (Å²) in [7, 11) is 0. The first-order chi connectivity index (χ1) is 8.82. The lowest BCUT2D eigenvalue weighted by Gasteiger charge is -2.13. The Balaban J connectivity index is 2.05. The lowest BCUT2D eigenvalue weighted by Crippen LogP contribution is -2.24. The van der Waals surface area contributed by atoms with Gasteiger partial charge in [-0.1, -0.05) is 34.6 Å². The molecule has 1 heterocycles. The van der Waals surface area contributed by atoms with Crippen LogP contribution in [-0.2, 0) is 6.54 Å². The van der Waals surface area contributed by atoms with Gasteiger partial charge in [0.05, 0.1) is 6.04 Å². The Morgan fingerprint density at radius 3 is 2.42 bits per heavy atom. The zero-order valence-corrected chi connectivity index (χ0v) is 13.1. The summed E-state index contributed by atoms with van der Waals surface area (Å²) >= 11 is 0. The van der Waals surface area contributed by atoms with E-state index in [1.807, 2.05) is 4.68 Å². The van der Waals surface area contributed by atoms with Crippen molar-refractivity contribution < 1.29 is 0 Å². The maximum absolute atomic E-state index is 4.18. The van der Waals surface area contributed by atoms with Gasteiger partial charge in [0.25, 0.3) is 0 Å². The van der Waals surface area contributed by atoms with E-state index in [0.717, 1.165) is 25.3 Å². The summed E-state index contributed by atoms with van der Waals surface area (Å²) in [6.45, 7) is 15.5. The van der Waals surface area contributed by atoms with Crippen LogP contribution in [0.1, 0.15) is 59.8 Å². The number of hydrogen-bond acceptors (Lipinski definition) is 4. The largest absolute Gasteiger partial charge is 0.307 e. The van der Waals surface area contributed by atoms with Crippen LogP contribution in [0.25, 0.3) is 0 Å². The zero-order chi connectivity index (χ0) is 14.3. The molecule has 5 heteroatoms. The predicted octanol–water partition coefficient (Wildman–Crippen LogP) is 2.42. The van der Waals surface area contributed by atoms with E-state index in [1.54, 1.807) is 0 Å². The highest BCUT2D eigenvalue weighted by molar-refractivity contribution is 5.12. The van der Waals surface area contributed by atoms with E-state index < -0.39 is 0 Å². The van der Waals surface area contributed by atoms with Crippen molar-refractivity contribution in [1.29, 1.82) is 0 Å². The van der Waals surface area contributed by atoms with Gasteiger partial charge in [0.15, 0.2) is 5.82 Å². The Bertz CT molecular complexity index is 421. The molecule has 0 aromatic carbocycles. The SMILES string of the molecule is CCCNC(C)c1nnnn1CC1C(C)(C)C1(C)C. The van der Waals surface area contributed by atoms with Crippen LogP contribution in [0.2, 0.25) is 0 Å². The molecule has 0 aliphatic heterocycles. The molecule has 1 aromatic rings. The van der Waals surface area contributed by atoms with Crippen LogP contribution in [0, 0.1) is 16.7 Å². The molecule has 0 saturated heterocycles. The molecule has 0 spiro atoms. The predicted molar refractivity (Wildman–Crippen MR) is 75.6 cm³/mol. The fourth-order valence-corrected chi connectivity index (χ4v) is 3.07. The van der Waals surface area contributed by atoms with Crippen LogP contribution in [0.5, 0.6) is 0 Å². The quantitative estimate of drug-likeness (QED) is 0.858. The van der Waals surface area contributed by atoms with E-state index in [0.29, 0.717) is 16.7 Å². The van der Waals surface area contributed by atoms with E-state index in [2.05, 4.69) is 62.4 Å². The van der Waals surface area contributed by atoms with Gasteiger partial charge in [-0.15, -0.1) is 5.10 Å². The molecule has 1 fully saturated rings. The topological polar surface area (TPSA) is 55.6 Å². The summed E-state index contributed by atoms with van der Waals surface area (Å²) in [4.78, 5) is 0. The molecule has 0 radical (unpaired) electrons. The molecule has 1 aliphatic carbocycles. The number of nitrogens with zero attached hydrogens (tertiary/aromatic N) is 4. The Morgan fingerprint density at radius 1 is 1.26 bits per heavy atom. The van der Waals surface area contributed by atoms with Crippen molar-refractivity contribution >= 4 is 0 Å². The van der Waals surface area contributed by atoms with E-state index in [1.165, 1.54) is 0 Å². The average Bonchev–Trinajstić information content (AvgIpc) is 2.75. The van der Waals surface area contributed by atoms with Gasteiger partial charge >= 0.3 is 0 Å². The molecule has 0 amide bonds. The van der Waals surface area contributed by atoms with Crippen molar-refractivity contribution in [2.45, 2.75) is 60.5 Å². The fourth-order valence-electron chi connectivity index (χ4n) is 3.07. The number of rotatable bonds is 6. The molecule has 0 bridgehead atoms. The molecule has 2 rings (SSSR count). The lowest BCUT2D eigenvalue weighted by atomic mass is 10.0. The summed E-state index contributed by atoms with van der Waals surface area (Å²) in [5.41, 5.74) is 0.743. The third-order valence-electron chi connectivity index (χ3n) is 5.32. The molecule has 1 aliphatic rings. The Kier molecular flexibility index (Phi) is 3.69. The molecule has 19 heavy (non-hydrogen) atoms. The summed E-state index contributed by atoms with van der Waals surface area (Å²) in [6, 6.07) is 0.208. The zero-order valence-electron chi connectivity index (χ0n) is 13.1. The normalized spacial score (nSPS) is 22.4. The molecule has 108 valence electrons. The summed E-state index contributed by atoms with van der Waals surface area (Å²) < 4.78 is 1.98. The first kappa shape index (κ1) is 14.4. The standard InChI is InChI=1S/C14H27N5/c1-7-8-15-10(2)12-16-17-18-19(12)9-11-13(3,4)14(11,5)6/h10-11,15H,7-9H2,1-6H3. The van der Waals surface area contributed by atoms with Gasteiger partial charge in [-0.2, -0.15) is 0 Å². The summed E-state index contributed by atoms with van der Waals surface area (Å²) in [5.74, 6) is 1.59. The minimum absolute atomic E-state index is 0.208. The van der Waals surface area contributed by atoms with Crippen LogP contribution in [0.15, 0.2) is 0 Å². The minimum atomic E-state index is 0.208. The minimum Gasteiger partial charge on any atom is -0.307 e. The molecular weight excluding hydrogens is 238 g/mol. The van der Waals surface area contributed by atoms with Crippen molar-refractivity contribution in [2.24, 2.45) is 16.7 Å². The molecule has 1 unspecified atom stereocenters. The highest BCUT2D eigenvalue weighted by Gasteiger charge is 2.64. The van der Waals surface area contributed by atoms with Crippen LogP contribution >= 0.6 is 0 Å². The van der Waals surface area contributed by atoms with Crippen LogP contribution < -0.4 is 5.32 Å². The third kappa shape index (κ3) is 2.40. The molecule has 1 saturated carbocycles. The van der Waals surface area contributed by atoms with E-state index in [4.69, 9.17) is 0 Å². The molecule has 5 nitrogen and oxygen atoms in total. The van der Waals surface area contributed by atoms with Crippen molar-refractivity contribution in [3.05, 3.63) is 5.82 Å². The lowest BCUT2D eigenvalue weighted by molar-refractivity contribution is 0.427. The van der Waals surface area contributed by atoms with E-state index in [-0.39, 0.29) is 6.04 Å². The summed E-state index contributed by atoms with van der Waals surface area (Å²) in [5, 5.41) is 15.7. The molecule has 1 N–H and O–H groups in total. The molecule has 1 aromatic heterocycles. The smallest absolute Gasteiger partial charge is 0.167 e. The fraction of sp³-hybridized carbons (Fsp3) is 0.929. The van der Waals surface area contributed by atoms with Gasteiger partial charge in [0.2, 0.25) is 0 Å². The first-order valence-electron chi connectivity index (χ1n) is 7.31.